The predicted molar refractivity (Wildman–Crippen MR) is 76.1 cm³/mol. The van der Waals surface area contributed by atoms with Crippen LogP contribution < -0.4 is 0 Å². The van der Waals surface area contributed by atoms with E-state index in [1.54, 1.807) is 39.0 Å². The third-order valence-electron chi connectivity index (χ3n) is 3.40. The van der Waals surface area contributed by atoms with Crippen molar-refractivity contribution in [2.45, 2.75) is 44.7 Å². The van der Waals surface area contributed by atoms with Crippen LogP contribution in [-0.4, -0.2) is 22.5 Å². The number of carbonyl (C=O) groups is 1. The van der Waals surface area contributed by atoms with E-state index in [9.17, 15) is 9.90 Å². The van der Waals surface area contributed by atoms with Crippen LogP contribution in [0.4, 0.5) is 0 Å². The number of rotatable bonds is 3. The molecule has 1 aliphatic heterocycles. The fourth-order valence-electron chi connectivity index (χ4n) is 2.51. The van der Waals surface area contributed by atoms with Gasteiger partial charge < -0.3 is 14.6 Å². The number of hydrogen-bond donors (Lipinski definition) is 1. The minimum atomic E-state index is -1.50. The van der Waals surface area contributed by atoms with Crippen LogP contribution in [0.25, 0.3) is 0 Å². The minimum absolute atomic E-state index is 0.234. The van der Waals surface area contributed by atoms with Gasteiger partial charge in [-0.25, -0.2) is 4.79 Å². The molecule has 0 unspecified atom stereocenters. The Kier molecular flexibility index (Phi) is 4.04. The third kappa shape index (κ3) is 2.42. The number of benzene rings is 1. The van der Waals surface area contributed by atoms with Crippen molar-refractivity contribution < 1.29 is 19.4 Å². The van der Waals surface area contributed by atoms with Gasteiger partial charge in [0.15, 0.2) is 11.4 Å². The fraction of sp³-hybridized carbons (Fsp3) is 0.500. The Hall–Kier alpha value is -0.810. The van der Waals surface area contributed by atoms with Crippen molar-refractivity contribution in [1.82, 2.24) is 0 Å². The van der Waals surface area contributed by atoms with Gasteiger partial charge in [0.25, 0.3) is 0 Å². The second kappa shape index (κ2) is 5.19. The van der Waals surface area contributed by atoms with E-state index < -0.39 is 23.5 Å². The normalized spacial score (nSPS) is 28.6. The third-order valence-corrected chi connectivity index (χ3v) is 4.06. The number of ether oxygens (including phenoxy) is 2. The van der Waals surface area contributed by atoms with E-state index in [0.29, 0.717) is 15.6 Å². The van der Waals surface area contributed by atoms with Crippen LogP contribution in [-0.2, 0) is 14.3 Å². The van der Waals surface area contributed by atoms with Gasteiger partial charge in [0.05, 0.1) is 0 Å². The Morgan fingerprint density at radius 2 is 1.90 bits per heavy atom. The molecule has 0 bridgehead atoms. The van der Waals surface area contributed by atoms with E-state index >= 15 is 0 Å². The Morgan fingerprint density at radius 1 is 1.35 bits per heavy atom. The van der Waals surface area contributed by atoms with Crippen molar-refractivity contribution >= 4 is 29.2 Å². The molecule has 0 aromatic heterocycles. The second-order valence-electron chi connectivity index (χ2n) is 5.18. The van der Waals surface area contributed by atoms with E-state index in [1.165, 1.54) is 0 Å². The van der Waals surface area contributed by atoms with Gasteiger partial charge in [-0.2, -0.15) is 0 Å². The highest BCUT2D eigenvalue weighted by Crippen LogP contribution is 2.50. The van der Waals surface area contributed by atoms with Crippen LogP contribution in [0.5, 0.6) is 0 Å². The summed E-state index contributed by atoms with van der Waals surface area (Å²) in [5, 5.41) is 10.3. The maximum atomic E-state index is 11.8. The molecule has 0 spiro atoms. The topological polar surface area (TPSA) is 55.8 Å². The molecule has 0 aliphatic carbocycles. The smallest absolute Gasteiger partial charge is 0.339 e. The second-order valence-corrected chi connectivity index (χ2v) is 6.00. The molecule has 1 aromatic rings. The SMILES string of the molecule is CC[C@@]1(C(=O)O)OC(C)(C)O[C@H]1c1c(Cl)cccc1Cl. The van der Waals surface area contributed by atoms with Crippen molar-refractivity contribution in [1.29, 1.82) is 0 Å². The van der Waals surface area contributed by atoms with Gasteiger partial charge in [-0.05, 0) is 32.4 Å². The van der Waals surface area contributed by atoms with E-state index in [2.05, 4.69) is 0 Å². The zero-order chi connectivity index (χ0) is 15.1. The summed E-state index contributed by atoms with van der Waals surface area (Å²) >= 11 is 12.4. The fourth-order valence-corrected chi connectivity index (χ4v) is 3.11. The number of hydrogen-bond acceptors (Lipinski definition) is 3. The van der Waals surface area contributed by atoms with Crippen molar-refractivity contribution in [3.05, 3.63) is 33.8 Å². The lowest BCUT2D eigenvalue weighted by atomic mass is 9.88. The zero-order valence-electron chi connectivity index (χ0n) is 11.4. The Bertz CT molecular complexity index is 524. The molecule has 1 aliphatic rings. The van der Waals surface area contributed by atoms with Crippen LogP contribution in [0, 0.1) is 0 Å². The van der Waals surface area contributed by atoms with Crippen LogP contribution >= 0.6 is 23.2 Å². The average Bonchev–Trinajstić information content (AvgIpc) is 2.61. The molecule has 4 nitrogen and oxygen atoms in total. The molecule has 2 atom stereocenters. The van der Waals surface area contributed by atoms with Crippen molar-refractivity contribution in [2.24, 2.45) is 0 Å². The van der Waals surface area contributed by atoms with Crippen LogP contribution in [0.2, 0.25) is 10.0 Å². The van der Waals surface area contributed by atoms with Gasteiger partial charge in [0.1, 0.15) is 6.10 Å². The van der Waals surface area contributed by atoms with Gasteiger partial charge in [-0.1, -0.05) is 36.2 Å². The first-order valence-electron chi connectivity index (χ1n) is 6.29. The highest BCUT2D eigenvalue weighted by molar-refractivity contribution is 6.36. The molecule has 110 valence electrons. The van der Waals surface area contributed by atoms with Crippen molar-refractivity contribution in [2.75, 3.05) is 0 Å². The summed E-state index contributed by atoms with van der Waals surface area (Å²) in [6.07, 6.45) is -0.626. The maximum absolute atomic E-state index is 11.8. The summed E-state index contributed by atoms with van der Waals surface area (Å²) in [7, 11) is 0. The van der Waals surface area contributed by atoms with E-state index in [-0.39, 0.29) is 6.42 Å². The van der Waals surface area contributed by atoms with Crippen molar-refractivity contribution in [3.63, 3.8) is 0 Å². The van der Waals surface area contributed by atoms with Gasteiger partial charge in [-0.3, -0.25) is 0 Å². The minimum Gasteiger partial charge on any atom is -0.479 e. The zero-order valence-corrected chi connectivity index (χ0v) is 13.0. The van der Waals surface area contributed by atoms with E-state index in [4.69, 9.17) is 32.7 Å². The highest BCUT2D eigenvalue weighted by Gasteiger charge is 2.59. The summed E-state index contributed by atoms with van der Waals surface area (Å²) in [6.45, 7) is 5.08. The number of aliphatic carboxylic acids is 1. The predicted octanol–water partition coefficient (Wildman–Crippen LogP) is 4.05. The summed E-state index contributed by atoms with van der Waals surface area (Å²) in [5.74, 6) is -2.12. The quantitative estimate of drug-likeness (QED) is 0.913. The molecule has 1 saturated heterocycles. The molecular weight excluding hydrogens is 303 g/mol. The van der Waals surface area contributed by atoms with Gasteiger partial charge in [0, 0.05) is 15.6 Å². The molecular formula is C14H16Cl2O4. The van der Waals surface area contributed by atoms with Crippen LogP contribution in [0.15, 0.2) is 18.2 Å². The molecule has 0 amide bonds. The van der Waals surface area contributed by atoms with E-state index in [1.807, 2.05) is 0 Å². The Morgan fingerprint density at radius 3 is 2.35 bits per heavy atom. The molecule has 1 N–H and O–H groups in total. The first-order valence-corrected chi connectivity index (χ1v) is 7.04. The standard InChI is InChI=1S/C14H16Cl2O4/c1-4-14(12(17)18)11(19-13(2,3)20-14)10-8(15)6-5-7-9(10)16/h5-7,11H,4H2,1-3H3,(H,17,18)/t11-,14+/m0/s1. The lowest BCUT2D eigenvalue weighted by molar-refractivity contribution is -0.185. The monoisotopic (exact) mass is 318 g/mol. The first kappa shape index (κ1) is 15.6. The average molecular weight is 319 g/mol. The summed E-state index contributed by atoms with van der Waals surface area (Å²) in [5.41, 5.74) is -1.05. The lowest BCUT2D eigenvalue weighted by Gasteiger charge is -2.28. The Labute approximate surface area is 127 Å². The number of carboxylic acid groups (broad SMARTS) is 1. The largest absolute Gasteiger partial charge is 0.479 e. The molecule has 1 fully saturated rings. The summed E-state index contributed by atoms with van der Waals surface area (Å²) < 4.78 is 11.5. The molecule has 0 saturated carbocycles. The molecule has 1 heterocycles. The number of carboxylic acids is 1. The summed E-state index contributed by atoms with van der Waals surface area (Å²) in [6, 6.07) is 5.00. The molecule has 6 heteroatoms. The molecule has 2 rings (SSSR count). The van der Waals surface area contributed by atoms with Crippen LogP contribution in [0.3, 0.4) is 0 Å². The van der Waals surface area contributed by atoms with Crippen LogP contribution in [0.1, 0.15) is 38.9 Å². The molecule has 0 radical (unpaired) electrons. The Balaban J connectivity index is 2.61. The lowest BCUT2D eigenvalue weighted by Crippen LogP contribution is -2.43. The first-order chi connectivity index (χ1) is 9.23. The van der Waals surface area contributed by atoms with Gasteiger partial charge >= 0.3 is 5.97 Å². The molecule has 1 aromatic carbocycles. The maximum Gasteiger partial charge on any atom is 0.339 e. The van der Waals surface area contributed by atoms with Crippen molar-refractivity contribution in [3.8, 4) is 0 Å². The van der Waals surface area contributed by atoms with Gasteiger partial charge in [-0.15, -0.1) is 0 Å². The number of halogens is 2. The highest BCUT2D eigenvalue weighted by atomic mass is 35.5. The van der Waals surface area contributed by atoms with E-state index in [0.717, 1.165) is 0 Å². The van der Waals surface area contributed by atoms with Gasteiger partial charge in [0.2, 0.25) is 0 Å². The summed E-state index contributed by atoms with van der Waals surface area (Å²) in [4.78, 5) is 11.8. The molecule has 20 heavy (non-hydrogen) atoms.